The van der Waals surface area contributed by atoms with Gasteiger partial charge in [-0.3, -0.25) is 0 Å². The smallest absolute Gasteiger partial charge is 0.229 e. The van der Waals surface area contributed by atoms with Gasteiger partial charge in [-0.1, -0.05) is 16.8 Å². The van der Waals surface area contributed by atoms with Crippen LogP contribution >= 0.6 is 11.6 Å². The molecule has 0 radical (unpaired) electrons. The molecule has 28 heavy (non-hydrogen) atoms. The Balaban J connectivity index is 1.67. The average molecular weight is 403 g/mol. The summed E-state index contributed by atoms with van der Waals surface area (Å²) in [6.07, 6.45) is 3.77. The van der Waals surface area contributed by atoms with Crippen LogP contribution in [0, 0.1) is 12.7 Å². The van der Waals surface area contributed by atoms with Gasteiger partial charge in [-0.05, 0) is 38.4 Å². The zero-order valence-electron chi connectivity index (χ0n) is 15.5. The van der Waals surface area contributed by atoms with Crippen molar-refractivity contribution in [3.63, 3.8) is 0 Å². The molecule has 0 bridgehead atoms. The van der Waals surface area contributed by atoms with E-state index in [2.05, 4.69) is 36.2 Å². The second kappa shape index (κ2) is 7.69. The molecule has 0 aliphatic carbocycles. The first-order chi connectivity index (χ1) is 13.5. The van der Waals surface area contributed by atoms with Crippen LogP contribution in [0.2, 0.25) is 5.02 Å². The number of hydrogen-bond donors (Lipinski definition) is 3. The van der Waals surface area contributed by atoms with Gasteiger partial charge in [0.25, 0.3) is 0 Å². The molecule has 2 aromatic heterocycles. The normalized spacial score (nSPS) is 16.4. The van der Waals surface area contributed by atoms with Gasteiger partial charge in [0, 0.05) is 18.8 Å². The minimum absolute atomic E-state index is 0.130. The van der Waals surface area contributed by atoms with Gasteiger partial charge < -0.3 is 16.0 Å². The summed E-state index contributed by atoms with van der Waals surface area (Å²) in [5.41, 5.74) is 1.85. The number of aromatic nitrogens is 5. The van der Waals surface area contributed by atoms with Gasteiger partial charge in [0.15, 0.2) is 5.82 Å². The fraction of sp³-hybridized carbons (Fsp3) is 0.333. The van der Waals surface area contributed by atoms with Crippen LogP contribution in [0.3, 0.4) is 0 Å². The molecular formula is C18H20ClFN8. The van der Waals surface area contributed by atoms with Crippen molar-refractivity contribution in [2.45, 2.75) is 25.8 Å². The molecule has 10 heteroatoms. The third-order valence-corrected chi connectivity index (χ3v) is 4.89. The average Bonchev–Trinajstić information content (AvgIpc) is 3.35. The predicted octanol–water partition coefficient (Wildman–Crippen LogP) is 3.37. The van der Waals surface area contributed by atoms with E-state index in [1.807, 2.05) is 6.92 Å². The van der Waals surface area contributed by atoms with Crippen LogP contribution in [0.15, 0.2) is 24.4 Å². The van der Waals surface area contributed by atoms with Crippen molar-refractivity contribution in [2.24, 2.45) is 0 Å². The van der Waals surface area contributed by atoms with E-state index >= 15 is 4.39 Å². The monoisotopic (exact) mass is 402 g/mol. The summed E-state index contributed by atoms with van der Waals surface area (Å²) in [5.74, 6) is 0.361. The van der Waals surface area contributed by atoms with Crippen molar-refractivity contribution in [1.29, 1.82) is 0 Å². The van der Waals surface area contributed by atoms with Crippen LogP contribution in [0.25, 0.3) is 5.69 Å². The summed E-state index contributed by atoms with van der Waals surface area (Å²) in [4.78, 5) is 8.59. The van der Waals surface area contributed by atoms with Crippen LogP contribution in [0.1, 0.15) is 30.3 Å². The van der Waals surface area contributed by atoms with Crippen molar-refractivity contribution in [1.82, 2.24) is 30.3 Å². The molecule has 4 rings (SSSR count). The number of rotatable bonds is 5. The molecule has 0 saturated carbocycles. The molecule has 146 valence electrons. The zero-order chi connectivity index (χ0) is 19.7. The molecule has 3 N–H and O–H groups in total. The summed E-state index contributed by atoms with van der Waals surface area (Å²) >= 11 is 6.27. The van der Waals surface area contributed by atoms with Gasteiger partial charge in [0.1, 0.15) is 17.2 Å². The lowest BCUT2D eigenvalue weighted by molar-refractivity contribution is 0.610. The van der Waals surface area contributed by atoms with Crippen LogP contribution in [0.5, 0.6) is 0 Å². The van der Waals surface area contributed by atoms with Gasteiger partial charge in [-0.2, -0.15) is 4.98 Å². The number of hydrogen-bond acceptors (Lipinski definition) is 7. The Morgan fingerprint density at radius 2 is 2.18 bits per heavy atom. The van der Waals surface area contributed by atoms with Crippen molar-refractivity contribution < 1.29 is 4.39 Å². The van der Waals surface area contributed by atoms with E-state index in [0.29, 0.717) is 5.82 Å². The molecule has 1 atom stereocenters. The summed E-state index contributed by atoms with van der Waals surface area (Å²) in [5, 5.41) is 17.7. The van der Waals surface area contributed by atoms with Crippen molar-refractivity contribution in [3.05, 3.63) is 46.6 Å². The summed E-state index contributed by atoms with van der Waals surface area (Å²) in [6, 6.07) is 5.08. The Bertz CT molecular complexity index is 999. The number of anilines is 3. The van der Waals surface area contributed by atoms with Gasteiger partial charge >= 0.3 is 0 Å². The molecular weight excluding hydrogens is 383 g/mol. The fourth-order valence-corrected chi connectivity index (χ4v) is 3.44. The van der Waals surface area contributed by atoms with Crippen molar-refractivity contribution in [2.75, 3.05) is 24.2 Å². The molecule has 1 aliphatic heterocycles. The van der Waals surface area contributed by atoms with E-state index in [1.54, 1.807) is 31.4 Å². The second-order valence-electron chi connectivity index (χ2n) is 6.59. The lowest BCUT2D eigenvalue weighted by atomic mass is 10.2. The number of nitrogens with one attached hydrogen (secondary N) is 3. The Morgan fingerprint density at radius 3 is 2.93 bits per heavy atom. The van der Waals surface area contributed by atoms with Crippen LogP contribution in [-0.2, 0) is 0 Å². The Kier molecular flexibility index (Phi) is 5.10. The summed E-state index contributed by atoms with van der Waals surface area (Å²) < 4.78 is 16.6. The zero-order valence-corrected chi connectivity index (χ0v) is 16.3. The highest BCUT2D eigenvalue weighted by molar-refractivity contribution is 6.32. The van der Waals surface area contributed by atoms with Crippen LogP contribution < -0.4 is 16.0 Å². The first kappa shape index (κ1) is 18.6. The third-order valence-electron chi connectivity index (χ3n) is 4.58. The molecule has 0 unspecified atom stereocenters. The molecule has 1 fully saturated rings. The van der Waals surface area contributed by atoms with E-state index < -0.39 is 5.82 Å². The maximum Gasteiger partial charge on any atom is 0.229 e. The number of benzene rings is 1. The third kappa shape index (κ3) is 3.63. The van der Waals surface area contributed by atoms with Gasteiger partial charge in [-0.25, -0.2) is 14.1 Å². The number of aryl methyl sites for hydroxylation is 1. The van der Waals surface area contributed by atoms with Crippen LogP contribution in [0.4, 0.5) is 21.8 Å². The first-order valence-electron chi connectivity index (χ1n) is 8.99. The van der Waals surface area contributed by atoms with E-state index in [9.17, 15) is 0 Å². The minimum atomic E-state index is -0.556. The molecule has 1 aromatic carbocycles. The van der Waals surface area contributed by atoms with Crippen LogP contribution in [-0.4, -0.2) is 38.6 Å². The topological polar surface area (TPSA) is 92.6 Å². The molecule has 8 nitrogen and oxygen atoms in total. The molecule has 3 heterocycles. The molecule has 1 saturated heterocycles. The highest BCUT2D eigenvalue weighted by Gasteiger charge is 2.22. The lowest BCUT2D eigenvalue weighted by Gasteiger charge is -2.12. The lowest BCUT2D eigenvalue weighted by Crippen LogP contribution is -2.13. The number of halogens is 2. The van der Waals surface area contributed by atoms with Gasteiger partial charge in [0.05, 0.1) is 22.9 Å². The van der Waals surface area contributed by atoms with E-state index in [4.69, 9.17) is 11.6 Å². The summed E-state index contributed by atoms with van der Waals surface area (Å²) in [6.45, 7) is 2.78. The SMILES string of the molecule is CNc1cc(C)nc(Nc2ccc(Cl)c(-n3cc([C@H]4CCCN4)nn3)c2F)n1. The standard InChI is InChI=1S/C18H20ClFN8/c1-10-8-15(21-2)25-18(23-10)24-13-6-5-11(19)17(16(13)20)28-9-14(26-27-28)12-4-3-7-22-12/h5-6,8-9,12,22H,3-4,7H2,1-2H3,(H2,21,23,24,25)/t12-/m1/s1. The van der Waals surface area contributed by atoms with Crippen molar-refractivity contribution in [3.8, 4) is 5.69 Å². The largest absolute Gasteiger partial charge is 0.373 e. The number of nitrogens with zero attached hydrogens (tertiary/aromatic N) is 5. The molecule has 1 aliphatic rings. The maximum atomic E-state index is 15.3. The molecule has 0 spiro atoms. The summed E-state index contributed by atoms with van der Waals surface area (Å²) in [7, 11) is 1.76. The highest BCUT2D eigenvalue weighted by atomic mass is 35.5. The van der Waals surface area contributed by atoms with Gasteiger partial charge in [0.2, 0.25) is 5.95 Å². The van der Waals surface area contributed by atoms with Gasteiger partial charge in [-0.15, -0.1) is 5.10 Å². The molecule has 0 amide bonds. The Hall–Kier alpha value is -2.78. The fourth-order valence-electron chi connectivity index (χ4n) is 3.20. The predicted molar refractivity (Wildman–Crippen MR) is 106 cm³/mol. The minimum Gasteiger partial charge on any atom is -0.373 e. The van der Waals surface area contributed by atoms with E-state index in [-0.39, 0.29) is 28.4 Å². The Labute approximate surface area is 166 Å². The Morgan fingerprint density at radius 1 is 1.32 bits per heavy atom. The second-order valence-corrected chi connectivity index (χ2v) is 6.99. The highest BCUT2D eigenvalue weighted by Crippen LogP contribution is 2.31. The quantitative estimate of drug-likeness (QED) is 0.602. The molecule has 3 aromatic rings. The van der Waals surface area contributed by atoms with E-state index in [0.717, 1.165) is 30.8 Å². The maximum absolute atomic E-state index is 15.3. The van der Waals surface area contributed by atoms with E-state index in [1.165, 1.54) is 4.68 Å². The first-order valence-corrected chi connectivity index (χ1v) is 9.37. The van der Waals surface area contributed by atoms with Crippen molar-refractivity contribution >= 4 is 29.1 Å².